The summed E-state index contributed by atoms with van der Waals surface area (Å²) in [4.78, 5) is 43.2. The fourth-order valence-corrected chi connectivity index (χ4v) is 5.73. The molecule has 2 atom stereocenters. The summed E-state index contributed by atoms with van der Waals surface area (Å²) in [6, 6.07) is 11.9. The van der Waals surface area contributed by atoms with Crippen LogP contribution in [0.3, 0.4) is 0 Å². The molecule has 0 aliphatic carbocycles. The number of carbonyl (C=O) groups excluding carboxylic acids is 2. The Bertz CT molecular complexity index is 1340. The molecule has 3 aliphatic heterocycles. The summed E-state index contributed by atoms with van der Waals surface area (Å²) in [5, 5.41) is 9.58. The molecule has 43 heavy (non-hydrogen) atoms. The number of hydrogen-bond acceptors (Lipinski definition) is 10. The van der Waals surface area contributed by atoms with Crippen molar-refractivity contribution in [3.8, 4) is 12.1 Å². The number of hydrogen-bond donors (Lipinski definition) is 0. The summed E-state index contributed by atoms with van der Waals surface area (Å²) in [5.41, 5.74) is 1.80. The Morgan fingerprint density at radius 2 is 1.84 bits per heavy atom. The Kier molecular flexibility index (Phi) is 9.20. The molecular formula is C31H41N7O5. The summed E-state index contributed by atoms with van der Waals surface area (Å²) in [6.07, 6.45) is 1.47. The van der Waals surface area contributed by atoms with E-state index in [-0.39, 0.29) is 31.6 Å². The van der Waals surface area contributed by atoms with Gasteiger partial charge in [-0.05, 0) is 52.8 Å². The number of likely N-dealkylation sites (N-methyl/N-ethyl adjacent to an activating group) is 1. The van der Waals surface area contributed by atoms with Crippen LogP contribution in [0.15, 0.2) is 30.3 Å². The highest BCUT2D eigenvalue weighted by Gasteiger charge is 2.37. The van der Waals surface area contributed by atoms with Crippen LogP contribution < -0.4 is 9.64 Å². The molecule has 0 radical (unpaired) electrons. The highest BCUT2D eigenvalue weighted by Crippen LogP contribution is 2.33. The number of ether oxygens (including phenoxy) is 3. The van der Waals surface area contributed by atoms with Gasteiger partial charge in [0.15, 0.2) is 0 Å². The van der Waals surface area contributed by atoms with Gasteiger partial charge in [0.2, 0.25) is 0 Å². The first-order valence-corrected chi connectivity index (χ1v) is 14.9. The van der Waals surface area contributed by atoms with Gasteiger partial charge in [0.25, 0.3) is 0 Å². The van der Waals surface area contributed by atoms with Crippen molar-refractivity contribution in [2.45, 2.75) is 77.4 Å². The lowest BCUT2D eigenvalue weighted by molar-refractivity contribution is 0.0144. The monoisotopic (exact) mass is 591 g/mol. The summed E-state index contributed by atoms with van der Waals surface area (Å²) in [6.45, 7) is 8.96. The first-order chi connectivity index (χ1) is 20.6. The molecule has 0 spiro atoms. The van der Waals surface area contributed by atoms with Crippen molar-refractivity contribution in [1.29, 1.82) is 5.26 Å². The molecule has 2 amide bonds. The SMILES string of the molecule is CN1CCCC1COc1nc2c(c(N3CCN(C(=O)OC(C)(C)C)C(CC#N)C3)n1)CN(C(=O)OCc1ccccc1)C2. The smallest absolute Gasteiger partial charge is 0.410 e. The molecule has 2 unspecified atom stereocenters. The van der Waals surface area contributed by atoms with Gasteiger partial charge in [0, 0.05) is 31.2 Å². The van der Waals surface area contributed by atoms with Crippen molar-refractivity contribution >= 4 is 18.0 Å². The number of aromatic nitrogens is 2. The minimum absolute atomic E-state index is 0.151. The molecule has 2 fully saturated rings. The normalized spacial score (nSPS) is 20.5. The van der Waals surface area contributed by atoms with Crippen LogP contribution >= 0.6 is 0 Å². The molecule has 0 N–H and O–H groups in total. The average molecular weight is 592 g/mol. The molecule has 2 saturated heterocycles. The molecular weight excluding hydrogens is 550 g/mol. The van der Waals surface area contributed by atoms with Gasteiger partial charge in [0.1, 0.15) is 24.6 Å². The number of nitriles is 1. The van der Waals surface area contributed by atoms with E-state index in [1.165, 1.54) is 0 Å². The second-order valence-corrected chi connectivity index (χ2v) is 12.4. The van der Waals surface area contributed by atoms with Crippen molar-refractivity contribution in [2.75, 3.05) is 44.7 Å². The third-order valence-electron chi connectivity index (χ3n) is 8.02. The molecule has 5 rings (SSSR count). The zero-order valence-corrected chi connectivity index (χ0v) is 25.5. The molecule has 3 aliphatic rings. The van der Waals surface area contributed by atoms with Crippen molar-refractivity contribution in [3.63, 3.8) is 0 Å². The van der Waals surface area contributed by atoms with E-state index in [4.69, 9.17) is 24.2 Å². The standard InChI is InChI=1S/C31H41N7O5/c1-31(2,3)43-30(40)38-16-15-36(17-23(38)12-13-32)27-25-18-37(29(39)42-20-22-9-6-5-7-10-22)19-26(25)33-28(34-27)41-21-24-11-8-14-35(24)4/h5-7,9-10,23-24H,8,11-12,14-21H2,1-4H3. The van der Waals surface area contributed by atoms with Crippen LogP contribution in [0.4, 0.5) is 15.4 Å². The highest BCUT2D eigenvalue weighted by molar-refractivity contribution is 5.71. The predicted octanol–water partition coefficient (Wildman–Crippen LogP) is 3.94. The number of piperazine rings is 1. The molecule has 1 aromatic carbocycles. The Labute approximate surface area is 253 Å². The predicted molar refractivity (Wildman–Crippen MR) is 158 cm³/mol. The van der Waals surface area contributed by atoms with Crippen LogP contribution in [-0.2, 0) is 29.2 Å². The lowest BCUT2D eigenvalue weighted by Gasteiger charge is -2.41. The molecule has 230 valence electrons. The minimum Gasteiger partial charge on any atom is -0.462 e. The van der Waals surface area contributed by atoms with Crippen molar-refractivity contribution in [2.24, 2.45) is 0 Å². The second-order valence-electron chi connectivity index (χ2n) is 12.4. The lowest BCUT2D eigenvalue weighted by atomic mass is 10.1. The second kappa shape index (κ2) is 13.0. The maximum absolute atomic E-state index is 13.1. The summed E-state index contributed by atoms with van der Waals surface area (Å²) >= 11 is 0. The van der Waals surface area contributed by atoms with E-state index in [1.807, 2.05) is 51.1 Å². The molecule has 0 saturated carbocycles. The number of benzene rings is 1. The first kappa shape index (κ1) is 30.4. The molecule has 0 bridgehead atoms. The molecule has 2 aromatic rings. The van der Waals surface area contributed by atoms with Gasteiger partial charge in [-0.1, -0.05) is 30.3 Å². The zero-order valence-electron chi connectivity index (χ0n) is 25.5. The van der Waals surface area contributed by atoms with Crippen molar-refractivity contribution < 1.29 is 23.8 Å². The van der Waals surface area contributed by atoms with E-state index in [9.17, 15) is 14.9 Å². The van der Waals surface area contributed by atoms with Crippen LogP contribution in [0, 0.1) is 11.3 Å². The quantitative estimate of drug-likeness (QED) is 0.468. The molecule has 4 heterocycles. The maximum atomic E-state index is 13.1. The van der Waals surface area contributed by atoms with Crippen LogP contribution in [0.25, 0.3) is 0 Å². The van der Waals surface area contributed by atoms with Gasteiger partial charge in [-0.15, -0.1) is 0 Å². The van der Waals surface area contributed by atoms with E-state index < -0.39 is 17.8 Å². The van der Waals surface area contributed by atoms with E-state index in [0.717, 1.165) is 30.5 Å². The van der Waals surface area contributed by atoms with Crippen LogP contribution in [0.1, 0.15) is 56.9 Å². The fourth-order valence-electron chi connectivity index (χ4n) is 5.73. The average Bonchev–Trinajstić information content (AvgIpc) is 3.60. The fraction of sp³-hybridized carbons (Fsp3) is 0.581. The largest absolute Gasteiger partial charge is 0.462 e. The Hall–Kier alpha value is -4.11. The first-order valence-electron chi connectivity index (χ1n) is 14.9. The van der Waals surface area contributed by atoms with E-state index in [2.05, 4.69) is 22.9 Å². The van der Waals surface area contributed by atoms with Crippen LogP contribution in [0.2, 0.25) is 0 Å². The summed E-state index contributed by atoms with van der Waals surface area (Å²) < 4.78 is 17.4. The lowest BCUT2D eigenvalue weighted by Crippen LogP contribution is -2.56. The Morgan fingerprint density at radius 1 is 1.05 bits per heavy atom. The van der Waals surface area contributed by atoms with Gasteiger partial charge in [0.05, 0.1) is 37.3 Å². The zero-order chi connectivity index (χ0) is 30.6. The topological polar surface area (TPSA) is 124 Å². The number of fused-ring (bicyclic) bond motifs is 1. The van der Waals surface area contributed by atoms with E-state index in [1.54, 1.807) is 9.80 Å². The number of nitrogens with zero attached hydrogens (tertiary/aromatic N) is 7. The summed E-state index contributed by atoms with van der Waals surface area (Å²) in [7, 11) is 2.09. The van der Waals surface area contributed by atoms with Gasteiger partial charge < -0.3 is 28.9 Å². The van der Waals surface area contributed by atoms with Crippen LogP contribution in [-0.4, -0.2) is 94.4 Å². The number of anilines is 1. The van der Waals surface area contributed by atoms with Crippen LogP contribution in [0.5, 0.6) is 6.01 Å². The minimum atomic E-state index is -0.642. The van der Waals surface area contributed by atoms with E-state index >= 15 is 0 Å². The number of carbonyl (C=O) groups is 2. The molecule has 1 aromatic heterocycles. The van der Waals surface area contributed by atoms with Crippen molar-refractivity contribution in [1.82, 2.24) is 24.7 Å². The number of likely N-dealkylation sites (tertiary alicyclic amines) is 1. The van der Waals surface area contributed by atoms with Crippen molar-refractivity contribution in [3.05, 3.63) is 47.2 Å². The Morgan fingerprint density at radius 3 is 2.53 bits per heavy atom. The third-order valence-corrected chi connectivity index (χ3v) is 8.02. The number of rotatable bonds is 7. The Balaban J connectivity index is 1.36. The highest BCUT2D eigenvalue weighted by atomic mass is 16.6. The van der Waals surface area contributed by atoms with Gasteiger partial charge in [-0.3, -0.25) is 4.90 Å². The third kappa shape index (κ3) is 7.46. The molecule has 12 heteroatoms. The van der Waals surface area contributed by atoms with Gasteiger partial charge >= 0.3 is 18.2 Å². The van der Waals surface area contributed by atoms with Gasteiger partial charge in [-0.2, -0.15) is 15.2 Å². The van der Waals surface area contributed by atoms with E-state index in [0.29, 0.717) is 50.3 Å². The summed E-state index contributed by atoms with van der Waals surface area (Å²) in [5.74, 6) is 0.657. The molecule has 12 nitrogen and oxygen atoms in total. The van der Waals surface area contributed by atoms with Gasteiger partial charge in [-0.25, -0.2) is 9.59 Å². The maximum Gasteiger partial charge on any atom is 0.410 e. The number of amides is 2.